The number of hydrogen-bond acceptors (Lipinski definition) is 2. The highest BCUT2D eigenvalue weighted by molar-refractivity contribution is 6.46. The van der Waals surface area contributed by atoms with Crippen molar-refractivity contribution in [1.29, 1.82) is 0 Å². The van der Waals surface area contributed by atoms with Crippen LogP contribution in [0.4, 0.5) is 4.39 Å². The summed E-state index contributed by atoms with van der Waals surface area (Å²) in [5, 5.41) is 8.70. The van der Waals surface area contributed by atoms with Crippen LogP contribution >= 0.6 is 0 Å². The van der Waals surface area contributed by atoms with E-state index in [1.807, 2.05) is 6.92 Å². The van der Waals surface area contributed by atoms with Crippen LogP contribution in [0.2, 0.25) is 0 Å². The minimum Gasteiger partial charge on any atom is -0.494 e. The second kappa shape index (κ2) is 4.11. The topological polar surface area (TPSA) is 29.5 Å². The predicted molar refractivity (Wildman–Crippen MR) is 45.2 cm³/mol. The van der Waals surface area contributed by atoms with Crippen LogP contribution in [0.15, 0.2) is 18.2 Å². The standard InChI is InChI=1S/C8H9BFO2/c1-2-12-8-4-3-6(10)5-7(8)9-11/h3-5,11H,2H2,1H3. The average Bonchev–Trinajstić information content (AvgIpc) is 2.08. The zero-order valence-electron chi connectivity index (χ0n) is 6.75. The first-order valence-corrected chi connectivity index (χ1v) is 3.67. The van der Waals surface area contributed by atoms with E-state index in [-0.39, 0.29) is 0 Å². The van der Waals surface area contributed by atoms with Crippen molar-refractivity contribution in [2.75, 3.05) is 6.61 Å². The summed E-state index contributed by atoms with van der Waals surface area (Å²) in [6, 6.07) is 3.99. The summed E-state index contributed by atoms with van der Waals surface area (Å²) < 4.78 is 17.7. The third kappa shape index (κ3) is 1.98. The highest BCUT2D eigenvalue weighted by Gasteiger charge is 2.04. The fraction of sp³-hybridized carbons (Fsp3) is 0.250. The summed E-state index contributed by atoms with van der Waals surface area (Å²) >= 11 is 0. The smallest absolute Gasteiger partial charge is 0.330 e. The third-order valence-electron chi connectivity index (χ3n) is 1.41. The Hall–Kier alpha value is -1.03. The highest BCUT2D eigenvalue weighted by atomic mass is 19.1. The van der Waals surface area contributed by atoms with Gasteiger partial charge in [0.1, 0.15) is 11.6 Å². The largest absolute Gasteiger partial charge is 0.494 e. The van der Waals surface area contributed by atoms with E-state index in [0.717, 1.165) is 7.48 Å². The van der Waals surface area contributed by atoms with Gasteiger partial charge in [-0.2, -0.15) is 0 Å². The van der Waals surface area contributed by atoms with Crippen molar-refractivity contribution in [2.45, 2.75) is 6.92 Å². The number of ether oxygens (including phenoxy) is 1. The molecule has 0 spiro atoms. The van der Waals surface area contributed by atoms with Gasteiger partial charge in [-0.05, 0) is 30.6 Å². The van der Waals surface area contributed by atoms with E-state index < -0.39 is 5.82 Å². The van der Waals surface area contributed by atoms with Crippen molar-refractivity contribution < 1.29 is 14.2 Å². The molecule has 0 amide bonds. The molecule has 4 heteroatoms. The maximum Gasteiger partial charge on any atom is 0.330 e. The number of halogens is 1. The Morgan fingerprint density at radius 3 is 2.92 bits per heavy atom. The summed E-state index contributed by atoms with van der Waals surface area (Å²) in [7, 11) is 0.827. The SMILES string of the molecule is CCOc1ccc(F)cc1[B]O. The quantitative estimate of drug-likeness (QED) is 0.662. The maximum absolute atomic E-state index is 12.6. The van der Waals surface area contributed by atoms with E-state index in [1.54, 1.807) is 0 Å². The predicted octanol–water partition coefficient (Wildman–Crippen LogP) is 0.461. The van der Waals surface area contributed by atoms with E-state index in [4.69, 9.17) is 9.76 Å². The Labute approximate surface area is 71.3 Å². The molecule has 0 aliphatic carbocycles. The molecule has 12 heavy (non-hydrogen) atoms. The zero-order chi connectivity index (χ0) is 8.97. The molecule has 0 aliphatic rings. The van der Waals surface area contributed by atoms with Crippen molar-refractivity contribution >= 4 is 12.9 Å². The molecule has 0 aliphatic heterocycles. The monoisotopic (exact) mass is 167 g/mol. The molecule has 0 atom stereocenters. The Kier molecular flexibility index (Phi) is 3.11. The van der Waals surface area contributed by atoms with Crippen molar-refractivity contribution in [1.82, 2.24) is 0 Å². The molecule has 63 valence electrons. The van der Waals surface area contributed by atoms with Crippen LogP contribution in [-0.2, 0) is 0 Å². The summed E-state index contributed by atoms with van der Waals surface area (Å²) in [6.45, 7) is 2.32. The van der Waals surface area contributed by atoms with Gasteiger partial charge in [0.15, 0.2) is 0 Å². The first kappa shape index (κ1) is 9.07. The van der Waals surface area contributed by atoms with Gasteiger partial charge in [0.25, 0.3) is 0 Å². The molecule has 1 aromatic rings. The van der Waals surface area contributed by atoms with Crippen LogP contribution < -0.4 is 10.2 Å². The Bertz CT molecular complexity index is 265. The lowest BCUT2D eigenvalue weighted by atomic mass is 9.88. The Balaban J connectivity index is 2.94. The summed E-state index contributed by atoms with van der Waals surface area (Å²) in [4.78, 5) is 0. The van der Waals surface area contributed by atoms with Crippen LogP contribution in [-0.4, -0.2) is 19.1 Å². The molecular formula is C8H9BFO2. The highest BCUT2D eigenvalue weighted by Crippen LogP contribution is 2.07. The van der Waals surface area contributed by atoms with Gasteiger partial charge in [-0.15, -0.1) is 0 Å². The molecule has 0 unspecified atom stereocenters. The molecule has 0 bridgehead atoms. The fourth-order valence-electron chi connectivity index (χ4n) is 0.907. The second-order valence-electron chi connectivity index (χ2n) is 2.24. The lowest BCUT2D eigenvalue weighted by molar-refractivity contribution is 0.342. The van der Waals surface area contributed by atoms with Gasteiger partial charge in [0.2, 0.25) is 0 Å². The average molecular weight is 167 g/mol. The van der Waals surface area contributed by atoms with Gasteiger partial charge < -0.3 is 9.76 Å². The number of hydrogen-bond donors (Lipinski definition) is 1. The van der Waals surface area contributed by atoms with Gasteiger partial charge in [-0.25, -0.2) is 4.39 Å². The van der Waals surface area contributed by atoms with Gasteiger partial charge in [0.05, 0.1) is 6.61 Å². The van der Waals surface area contributed by atoms with E-state index in [0.29, 0.717) is 17.8 Å². The molecule has 0 heterocycles. The number of rotatable bonds is 3. The molecule has 0 aromatic heterocycles. The van der Waals surface area contributed by atoms with Crippen molar-refractivity contribution in [2.24, 2.45) is 0 Å². The van der Waals surface area contributed by atoms with Crippen LogP contribution in [0.25, 0.3) is 0 Å². The van der Waals surface area contributed by atoms with Gasteiger partial charge in [-0.1, -0.05) is 0 Å². The molecule has 1 N–H and O–H groups in total. The van der Waals surface area contributed by atoms with E-state index >= 15 is 0 Å². The van der Waals surface area contributed by atoms with E-state index in [2.05, 4.69) is 0 Å². The second-order valence-corrected chi connectivity index (χ2v) is 2.24. The Morgan fingerprint density at radius 1 is 1.58 bits per heavy atom. The minimum absolute atomic E-state index is 0.358. The molecule has 2 nitrogen and oxygen atoms in total. The van der Waals surface area contributed by atoms with Crippen LogP contribution in [0.3, 0.4) is 0 Å². The van der Waals surface area contributed by atoms with Gasteiger partial charge >= 0.3 is 7.48 Å². The first-order chi connectivity index (χ1) is 5.77. The lowest BCUT2D eigenvalue weighted by Gasteiger charge is -2.06. The van der Waals surface area contributed by atoms with E-state index in [1.165, 1.54) is 18.2 Å². The summed E-state index contributed by atoms with van der Waals surface area (Å²) in [6.07, 6.45) is 0. The molecule has 1 radical (unpaired) electrons. The normalized spacial score (nSPS) is 9.58. The summed E-state index contributed by atoms with van der Waals surface area (Å²) in [5.74, 6) is 0.0974. The summed E-state index contributed by atoms with van der Waals surface area (Å²) in [5.41, 5.74) is 0.358. The first-order valence-electron chi connectivity index (χ1n) is 3.67. The number of benzene rings is 1. The van der Waals surface area contributed by atoms with Crippen molar-refractivity contribution in [3.05, 3.63) is 24.0 Å². The zero-order valence-corrected chi connectivity index (χ0v) is 6.75. The minimum atomic E-state index is -0.390. The molecule has 0 saturated carbocycles. The Morgan fingerprint density at radius 2 is 2.33 bits per heavy atom. The molecule has 0 fully saturated rings. The molecule has 1 aromatic carbocycles. The van der Waals surface area contributed by atoms with Crippen LogP contribution in [0.1, 0.15) is 6.92 Å². The van der Waals surface area contributed by atoms with Crippen LogP contribution in [0.5, 0.6) is 5.75 Å². The van der Waals surface area contributed by atoms with Crippen LogP contribution in [0, 0.1) is 5.82 Å². The van der Waals surface area contributed by atoms with Gasteiger partial charge in [-0.3, -0.25) is 0 Å². The third-order valence-corrected chi connectivity index (χ3v) is 1.41. The van der Waals surface area contributed by atoms with Crippen molar-refractivity contribution in [3.8, 4) is 5.75 Å². The maximum atomic E-state index is 12.6. The molecule has 0 saturated heterocycles. The molecular weight excluding hydrogens is 158 g/mol. The molecule has 1 rings (SSSR count). The lowest BCUT2D eigenvalue weighted by Crippen LogP contribution is -2.17. The van der Waals surface area contributed by atoms with Crippen molar-refractivity contribution in [3.63, 3.8) is 0 Å². The van der Waals surface area contributed by atoms with E-state index in [9.17, 15) is 4.39 Å². The van der Waals surface area contributed by atoms with Gasteiger partial charge in [0, 0.05) is 0 Å². The fourth-order valence-corrected chi connectivity index (χ4v) is 0.907.